The average Bonchev–Trinajstić information content (AvgIpc) is 3.31. The zero-order chi connectivity index (χ0) is 20.5. The molecule has 0 saturated carbocycles. The van der Waals surface area contributed by atoms with Gasteiger partial charge >= 0.3 is 0 Å². The SMILES string of the molecule is O=C1C(=O)N(Cc2ccco2)C(c2ccc(F)cc2)/C1=C(/O)c1ccc(Br)cc1. The summed E-state index contributed by atoms with van der Waals surface area (Å²) in [6.45, 7) is 0.0384. The first kappa shape index (κ1) is 19.1. The van der Waals surface area contributed by atoms with Crippen LogP contribution in [0.1, 0.15) is 22.9 Å². The van der Waals surface area contributed by atoms with E-state index in [9.17, 15) is 19.1 Å². The lowest BCUT2D eigenvalue weighted by atomic mass is 9.95. The van der Waals surface area contributed by atoms with Crippen LogP contribution in [0.5, 0.6) is 0 Å². The summed E-state index contributed by atoms with van der Waals surface area (Å²) in [4.78, 5) is 27.0. The van der Waals surface area contributed by atoms with Crippen molar-refractivity contribution in [3.8, 4) is 0 Å². The Kier molecular flexibility index (Phi) is 5.07. The molecule has 0 spiro atoms. The van der Waals surface area contributed by atoms with Gasteiger partial charge in [-0.3, -0.25) is 9.59 Å². The van der Waals surface area contributed by atoms with Crippen molar-refractivity contribution in [1.29, 1.82) is 0 Å². The maximum Gasteiger partial charge on any atom is 0.296 e. The number of benzene rings is 2. The molecular weight excluding hydrogens is 441 g/mol. The van der Waals surface area contributed by atoms with Gasteiger partial charge in [0.1, 0.15) is 17.3 Å². The number of aliphatic hydroxyl groups is 1. The monoisotopic (exact) mass is 455 g/mol. The molecule has 3 aromatic rings. The second-order valence-corrected chi connectivity index (χ2v) is 7.48. The van der Waals surface area contributed by atoms with E-state index in [1.165, 1.54) is 35.4 Å². The molecule has 29 heavy (non-hydrogen) atoms. The van der Waals surface area contributed by atoms with E-state index in [2.05, 4.69) is 15.9 Å². The van der Waals surface area contributed by atoms with Crippen molar-refractivity contribution in [1.82, 2.24) is 4.90 Å². The quantitative estimate of drug-likeness (QED) is 0.348. The second-order valence-electron chi connectivity index (χ2n) is 6.56. The minimum absolute atomic E-state index is 0.0384. The van der Waals surface area contributed by atoms with E-state index >= 15 is 0 Å². The largest absolute Gasteiger partial charge is 0.507 e. The van der Waals surface area contributed by atoms with Crippen LogP contribution >= 0.6 is 15.9 Å². The van der Waals surface area contributed by atoms with Gasteiger partial charge in [0.2, 0.25) is 0 Å². The van der Waals surface area contributed by atoms with E-state index in [1.807, 2.05) is 0 Å². The number of furan rings is 1. The zero-order valence-electron chi connectivity index (χ0n) is 15.0. The fraction of sp³-hybridized carbons (Fsp3) is 0.0909. The minimum atomic E-state index is -0.871. The number of likely N-dealkylation sites (tertiary alicyclic amines) is 1. The fourth-order valence-electron chi connectivity index (χ4n) is 3.37. The van der Waals surface area contributed by atoms with Gasteiger partial charge in [-0.25, -0.2) is 4.39 Å². The lowest BCUT2D eigenvalue weighted by Gasteiger charge is -2.24. The Morgan fingerprint density at radius 1 is 1.07 bits per heavy atom. The van der Waals surface area contributed by atoms with Crippen LogP contribution in [-0.4, -0.2) is 21.7 Å². The summed E-state index contributed by atoms with van der Waals surface area (Å²) in [5.74, 6) is -1.79. The number of nitrogens with zero attached hydrogens (tertiary/aromatic N) is 1. The topological polar surface area (TPSA) is 70.8 Å². The van der Waals surface area contributed by atoms with Gasteiger partial charge in [0.05, 0.1) is 24.4 Å². The molecule has 2 aromatic carbocycles. The number of hydrogen-bond acceptors (Lipinski definition) is 4. The Bertz CT molecular complexity index is 1090. The third-order valence-electron chi connectivity index (χ3n) is 4.75. The Balaban J connectivity index is 1.86. The van der Waals surface area contributed by atoms with Gasteiger partial charge in [-0.15, -0.1) is 0 Å². The Morgan fingerprint density at radius 2 is 1.76 bits per heavy atom. The molecule has 4 rings (SSSR count). The van der Waals surface area contributed by atoms with E-state index in [1.54, 1.807) is 36.4 Å². The maximum absolute atomic E-state index is 13.5. The zero-order valence-corrected chi connectivity index (χ0v) is 16.6. The smallest absolute Gasteiger partial charge is 0.296 e. The number of Topliss-reactive ketones (excluding diaryl/α,β-unsaturated/α-hetero) is 1. The number of aliphatic hydroxyl groups excluding tert-OH is 1. The molecule has 5 nitrogen and oxygen atoms in total. The molecule has 0 bridgehead atoms. The summed E-state index contributed by atoms with van der Waals surface area (Å²) >= 11 is 3.32. The maximum atomic E-state index is 13.5. The molecule has 1 saturated heterocycles. The van der Waals surface area contributed by atoms with Gasteiger partial charge in [0.25, 0.3) is 11.7 Å². The highest BCUT2D eigenvalue weighted by Gasteiger charge is 2.46. The van der Waals surface area contributed by atoms with Gasteiger partial charge in [-0.1, -0.05) is 40.2 Å². The van der Waals surface area contributed by atoms with Crippen LogP contribution in [0.3, 0.4) is 0 Å². The summed E-state index contributed by atoms with van der Waals surface area (Å²) in [6.07, 6.45) is 1.47. The first-order valence-electron chi connectivity index (χ1n) is 8.78. The number of halogens is 2. The third kappa shape index (κ3) is 3.61. The molecule has 1 aliphatic rings. The molecule has 1 atom stereocenters. The van der Waals surface area contributed by atoms with Crippen molar-refractivity contribution in [3.63, 3.8) is 0 Å². The molecule has 1 N–H and O–H groups in total. The number of rotatable bonds is 4. The van der Waals surface area contributed by atoms with Crippen LogP contribution < -0.4 is 0 Å². The minimum Gasteiger partial charge on any atom is -0.507 e. The lowest BCUT2D eigenvalue weighted by molar-refractivity contribution is -0.140. The van der Waals surface area contributed by atoms with Crippen LogP contribution in [0, 0.1) is 5.82 Å². The molecule has 7 heteroatoms. The van der Waals surface area contributed by atoms with Gasteiger partial charge < -0.3 is 14.4 Å². The number of carbonyl (C=O) groups excluding carboxylic acids is 2. The van der Waals surface area contributed by atoms with Gasteiger partial charge in [0.15, 0.2) is 0 Å². The summed E-state index contributed by atoms with van der Waals surface area (Å²) in [6, 6.07) is 14.7. The summed E-state index contributed by atoms with van der Waals surface area (Å²) < 4.78 is 19.6. The molecular formula is C22H15BrFNO4. The average molecular weight is 456 g/mol. The van der Waals surface area contributed by atoms with E-state index in [4.69, 9.17) is 4.42 Å². The standard InChI is InChI=1S/C22H15BrFNO4/c23-15-7-3-14(4-8-15)20(26)18-19(13-5-9-16(24)10-6-13)25(22(28)21(18)27)12-17-2-1-11-29-17/h1-11,19,26H,12H2/b20-18-. The van der Waals surface area contributed by atoms with E-state index in [0.29, 0.717) is 16.9 Å². The van der Waals surface area contributed by atoms with Gasteiger partial charge in [0, 0.05) is 10.0 Å². The predicted octanol–water partition coefficient (Wildman–Crippen LogP) is 4.80. The van der Waals surface area contributed by atoms with Gasteiger partial charge in [-0.05, 0) is 42.0 Å². The van der Waals surface area contributed by atoms with E-state index < -0.39 is 23.5 Å². The molecule has 1 amide bonds. The van der Waals surface area contributed by atoms with Crippen molar-refractivity contribution in [2.24, 2.45) is 0 Å². The Labute approximate surface area is 174 Å². The molecule has 146 valence electrons. The van der Waals surface area contributed by atoms with Crippen molar-refractivity contribution in [3.05, 3.63) is 99.7 Å². The van der Waals surface area contributed by atoms with Crippen LogP contribution in [0.15, 0.2) is 81.4 Å². The first-order chi connectivity index (χ1) is 14.0. The molecule has 1 fully saturated rings. The van der Waals surface area contributed by atoms with Crippen molar-refractivity contribution in [2.75, 3.05) is 0 Å². The molecule has 0 aliphatic carbocycles. The van der Waals surface area contributed by atoms with Crippen LogP contribution in [0.25, 0.3) is 5.76 Å². The molecule has 1 aromatic heterocycles. The molecule has 2 heterocycles. The van der Waals surface area contributed by atoms with E-state index in [-0.39, 0.29) is 17.9 Å². The van der Waals surface area contributed by atoms with E-state index in [0.717, 1.165) is 4.47 Å². The number of carbonyl (C=O) groups is 2. The van der Waals surface area contributed by atoms with Crippen molar-refractivity contribution >= 4 is 33.4 Å². The van der Waals surface area contributed by atoms with Crippen LogP contribution in [-0.2, 0) is 16.1 Å². The summed E-state index contributed by atoms with van der Waals surface area (Å²) in [5.41, 5.74) is 0.864. The van der Waals surface area contributed by atoms with Gasteiger partial charge in [-0.2, -0.15) is 0 Å². The first-order valence-corrected chi connectivity index (χ1v) is 9.57. The molecule has 1 unspecified atom stereocenters. The fourth-order valence-corrected chi connectivity index (χ4v) is 3.63. The normalized spacial score (nSPS) is 18.4. The van der Waals surface area contributed by atoms with Crippen LogP contribution in [0.2, 0.25) is 0 Å². The third-order valence-corrected chi connectivity index (χ3v) is 5.28. The van der Waals surface area contributed by atoms with Crippen molar-refractivity contribution in [2.45, 2.75) is 12.6 Å². The highest BCUT2D eigenvalue weighted by Crippen LogP contribution is 2.40. The number of hydrogen-bond donors (Lipinski definition) is 1. The summed E-state index contributed by atoms with van der Waals surface area (Å²) in [5, 5.41) is 10.9. The number of ketones is 1. The Hall–Kier alpha value is -3.19. The predicted molar refractivity (Wildman–Crippen MR) is 107 cm³/mol. The molecule has 1 aliphatic heterocycles. The number of amides is 1. The highest BCUT2D eigenvalue weighted by atomic mass is 79.9. The van der Waals surface area contributed by atoms with Crippen molar-refractivity contribution < 1.29 is 23.5 Å². The lowest BCUT2D eigenvalue weighted by Crippen LogP contribution is -2.29. The Morgan fingerprint density at radius 3 is 2.38 bits per heavy atom. The molecule has 0 radical (unpaired) electrons. The second kappa shape index (κ2) is 7.67. The summed E-state index contributed by atoms with van der Waals surface area (Å²) in [7, 11) is 0. The van der Waals surface area contributed by atoms with Crippen LogP contribution in [0.4, 0.5) is 4.39 Å². The highest BCUT2D eigenvalue weighted by molar-refractivity contribution is 9.10.